The van der Waals surface area contributed by atoms with E-state index in [0.717, 1.165) is 12.1 Å². The number of nitrogens with zero attached hydrogens (tertiary/aromatic N) is 1. The van der Waals surface area contributed by atoms with Gasteiger partial charge in [0.25, 0.3) is 0 Å². The molecule has 1 saturated heterocycles. The highest BCUT2D eigenvalue weighted by molar-refractivity contribution is 5.88. The Morgan fingerprint density at radius 3 is 2.81 bits per heavy atom. The van der Waals surface area contributed by atoms with Gasteiger partial charge in [0, 0.05) is 25.2 Å². The molecule has 16 heavy (non-hydrogen) atoms. The van der Waals surface area contributed by atoms with Crippen LogP contribution in [0.25, 0.3) is 0 Å². The molecule has 2 heterocycles. The molecule has 0 spiro atoms. The number of aliphatic hydroxyl groups excluding tert-OH is 1. The fraction of sp³-hybridized carbons (Fsp3) is 0.417. The van der Waals surface area contributed by atoms with E-state index in [4.69, 9.17) is 5.11 Å². The average molecular weight is 218 g/mol. The lowest BCUT2D eigenvalue weighted by Gasteiger charge is -2.37. The fourth-order valence-electron chi connectivity index (χ4n) is 2.30. The number of para-hydroxylation sites is 1. The number of rotatable bonds is 1. The van der Waals surface area contributed by atoms with Gasteiger partial charge in [-0.15, -0.1) is 0 Å². The number of β-amino-alcohol motifs (C(OH)–C–C–N with tert-alkyl or cyclic N) is 1. The number of carbonyl (C=O) groups is 1. The highest BCUT2D eigenvalue weighted by atomic mass is 16.3. The number of hydrogen-bond acceptors (Lipinski definition) is 3. The minimum atomic E-state index is -0.326. The van der Waals surface area contributed by atoms with Gasteiger partial charge in [0.05, 0.1) is 6.10 Å². The third-order valence-corrected chi connectivity index (χ3v) is 3.24. The first kappa shape index (κ1) is 9.66. The molecule has 1 aromatic carbocycles. The van der Waals surface area contributed by atoms with Crippen LogP contribution in [-0.2, 0) is 11.2 Å². The molecule has 2 N–H and O–H groups in total. The van der Waals surface area contributed by atoms with E-state index in [9.17, 15) is 4.79 Å². The monoisotopic (exact) mass is 218 g/mol. The lowest BCUT2D eigenvalue weighted by Crippen LogP contribution is -2.57. The van der Waals surface area contributed by atoms with Gasteiger partial charge in [-0.25, -0.2) is 0 Å². The minimum Gasteiger partial charge on any atom is -0.389 e. The van der Waals surface area contributed by atoms with Crippen LogP contribution in [0, 0.1) is 0 Å². The Labute approximate surface area is 93.9 Å². The van der Waals surface area contributed by atoms with E-state index in [-0.39, 0.29) is 18.1 Å². The van der Waals surface area contributed by atoms with Crippen LogP contribution in [-0.4, -0.2) is 41.1 Å². The van der Waals surface area contributed by atoms with Crippen LogP contribution in [0.3, 0.4) is 0 Å². The summed E-state index contributed by atoms with van der Waals surface area (Å²) in [4.78, 5) is 13.7. The van der Waals surface area contributed by atoms with E-state index in [2.05, 4.69) is 5.32 Å². The Kier molecular flexibility index (Phi) is 2.11. The lowest BCUT2D eigenvalue weighted by atomic mass is 10.1. The number of carbonyl (C=O) groups excluding carboxylic acids is 1. The first-order chi connectivity index (χ1) is 7.74. The molecule has 1 atom stereocenters. The van der Waals surface area contributed by atoms with Crippen molar-refractivity contribution in [3.05, 3.63) is 29.8 Å². The topological polar surface area (TPSA) is 52.6 Å². The maximum Gasteiger partial charge on any atom is 0.245 e. The van der Waals surface area contributed by atoms with Gasteiger partial charge in [-0.1, -0.05) is 18.2 Å². The fourth-order valence-corrected chi connectivity index (χ4v) is 2.30. The second-order valence-corrected chi connectivity index (χ2v) is 4.46. The van der Waals surface area contributed by atoms with Crippen molar-refractivity contribution in [2.75, 3.05) is 18.4 Å². The molecule has 84 valence electrons. The van der Waals surface area contributed by atoms with Gasteiger partial charge in [0.2, 0.25) is 5.91 Å². The van der Waals surface area contributed by atoms with E-state index in [0.29, 0.717) is 13.1 Å². The molecule has 0 unspecified atom stereocenters. The molecule has 4 heteroatoms. The van der Waals surface area contributed by atoms with Crippen molar-refractivity contribution >= 4 is 11.6 Å². The quantitative estimate of drug-likeness (QED) is 0.709. The highest BCUT2D eigenvalue weighted by Crippen LogP contribution is 2.26. The van der Waals surface area contributed by atoms with Gasteiger partial charge in [-0.3, -0.25) is 4.79 Å². The lowest BCUT2D eigenvalue weighted by molar-refractivity contribution is -0.141. The molecule has 4 nitrogen and oxygen atoms in total. The molecule has 1 fully saturated rings. The second kappa shape index (κ2) is 3.49. The molecule has 3 rings (SSSR count). The van der Waals surface area contributed by atoms with Gasteiger partial charge in [0.15, 0.2) is 0 Å². The average Bonchev–Trinajstić information content (AvgIpc) is 2.67. The van der Waals surface area contributed by atoms with Crippen LogP contribution in [0.5, 0.6) is 0 Å². The van der Waals surface area contributed by atoms with E-state index < -0.39 is 0 Å². The number of likely N-dealkylation sites (tertiary alicyclic amines) is 1. The van der Waals surface area contributed by atoms with Crippen LogP contribution in [0.2, 0.25) is 0 Å². The van der Waals surface area contributed by atoms with Crippen molar-refractivity contribution in [2.24, 2.45) is 0 Å². The Morgan fingerprint density at radius 2 is 2.12 bits per heavy atom. The zero-order valence-corrected chi connectivity index (χ0v) is 8.89. The molecule has 0 radical (unpaired) electrons. The summed E-state index contributed by atoms with van der Waals surface area (Å²) in [5.74, 6) is 0.0986. The van der Waals surface area contributed by atoms with Crippen LogP contribution < -0.4 is 5.32 Å². The third-order valence-electron chi connectivity index (χ3n) is 3.24. The normalized spacial score (nSPS) is 23.6. The van der Waals surface area contributed by atoms with Crippen LogP contribution >= 0.6 is 0 Å². The van der Waals surface area contributed by atoms with Crippen molar-refractivity contribution in [1.29, 1.82) is 0 Å². The van der Waals surface area contributed by atoms with Crippen LogP contribution in [0.15, 0.2) is 24.3 Å². The predicted molar refractivity (Wildman–Crippen MR) is 60.1 cm³/mol. The molecule has 1 aromatic rings. The summed E-state index contributed by atoms with van der Waals surface area (Å²) in [6, 6.07) is 7.84. The summed E-state index contributed by atoms with van der Waals surface area (Å²) >= 11 is 0. The van der Waals surface area contributed by atoms with E-state index >= 15 is 0 Å². The molecule has 2 aliphatic heterocycles. The number of benzene rings is 1. The van der Waals surface area contributed by atoms with Crippen LogP contribution in [0.4, 0.5) is 5.69 Å². The van der Waals surface area contributed by atoms with Crippen molar-refractivity contribution in [2.45, 2.75) is 18.6 Å². The molecule has 0 saturated carbocycles. The maximum atomic E-state index is 12.0. The SMILES string of the molecule is O=C([C@@H]1Cc2ccccc2N1)N1CC(O)C1. The number of hydrogen-bond donors (Lipinski definition) is 2. The predicted octanol–water partition coefficient (Wildman–Crippen LogP) is 0.226. The summed E-state index contributed by atoms with van der Waals surface area (Å²) in [5, 5.41) is 12.4. The number of aliphatic hydroxyl groups is 1. The summed E-state index contributed by atoms with van der Waals surface area (Å²) in [7, 11) is 0. The largest absolute Gasteiger partial charge is 0.389 e. The van der Waals surface area contributed by atoms with E-state index in [1.807, 2.05) is 24.3 Å². The Hall–Kier alpha value is -1.55. The van der Waals surface area contributed by atoms with Gasteiger partial charge in [-0.05, 0) is 11.6 Å². The van der Waals surface area contributed by atoms with Gasteiger partial charge >= 0.3 is 0 Å². The second-order valence-electron chi connectivity index (χ2n) is 4.46. The van der Waals surface area contributed by atoms with Crippen molar-refractivity contribution in [1.82, 2.24) is 4.90 Å². The molecule has 0 aromatic heterocycles. The van der Waals surface area contributed by atoms with Gasteiger partial charge in [-0.2, -0.15) is 0 Å². The first-order valence-corrected chi connectivity index (χ1v) is 5.55. The molecule has 0 bridgehead atoms. The Morgan fingerprint density at radius 1 is 1.38 bits per heavy atom. The molecular formula is C12H14N2O2. The van der Waals surface area contributed by atoms with E-state index in [1.165, 1.54) is 5.56 Å². The number of anilines is 1. The van der Waals surface area contributed by atoms with Crippen molar-refractivity contribution < 1.29 is 9.90 Å². The number of amides is 1. The zero-order valence-electron chi connectivity index (χ0n) is 8.89. The van der Waals surface area contributed by atoms with E-state index in [1.54, 1.807) is 4.90 Å². The summed E-state index contributed by atoms with van der Waals surface area (Å²) in [6.07, 6.45) is 0.425. The maximum absolute atomic E-state index is 12.0. The molecule has 2 aliphatic rings. The number of nitrogens with one attached hydrogen (secondary N) is 1. The molecule has 1 amide bonds. The molecule has 0 aliphatic carbocycles. The van der Waals surface area contributed by atoms with Crippen molar-refractivity contribution in [3.63, 3.8) is 0 Å². The summed E-state index contributed by atoms with van der Waals surface area (Å²) in [5.41, 5.74) is 2.25. The van der Waals surface area contributed by atoms with Crippen molar-refractivity contribution in [3.8, 4) is 0 Å². The summed E-state index contributed by atoms with van der Waals surface area (Å²) < 4.78 is 0. The Bertz CT molecular complexity index is 402. The minimum absolute atomic E-state index is 0.0986. The number of fused-ring (bicyclic) bond motifs is 1. The first-order valence-electron chi connectivity index (χ1n) is 5.55. The third kappa shape index (κ3) is 1.46. The van der Waals surface area contributed by atoms with Crippen LogP contribution in [0.1, 0.15) is 5.56 Å². The highest BCUT2D eigenvalue weighted by Gasteiger charge is 2.35. The molecular weight excluding hydrogens is 204 g/mol. The van der Waals surface area contributed by atoms with Gasteiger partial charge in [0.1, 0.15) is 6.04 Å². The zero-order chi connectivity index (χ0) is 11.1. The standard InChI is InChI=1S/C12H14N2O2/c15-9-6-14(7-9)12(16)11-5-8-3-1-2-4-10(8)13-11/h1-4,9,11,13,15H,5-7H2/t11-/m0/s1. The Balaban J connectivity index is 1.69. The summed E-state index contributed by atoms with van der Waals surface area (Å²) in [6.45, 7) is 0.959. The smallest absolute Gasteiger partial charge is 0.245 e. The van der Waals surface area contributed by atoms with Gasteiger partial charge < -0.3 is 15.3 Å².